The van der Waals surface area contributed by atoms with Crippen LogP contribution in [0, 0.1) is 0 Å². The highest BCUT2D eigenvalue weighted by Gasteiger charge is 2.14. The Morgan fingerprint density at radius 2 is 1.86 bits per heavy atom. The number of halogens is 2. The average Bonchev–Trinajstić information content (AvgIpc) is 2.91. The fraction of sp³-hybridized carbons (Fsp3) is 0. The topological polar surface area (TPSA) is 63.0 Å². The molecule has 22 heavy (non-hydrogen) atoms. The number of hydrogen-bond donors (Lipinski definition) is 1. The predicted octanol–water partition coefficient (Wildman–Crippen LogP) is 3.54. The third kappa shape index (κ3) is 1.98. The van der Waals surface area contributed by atoms with Crippen LogP contribution >= 0.6 is 23.2 Å². The number of hydrogen-bond acceptors (Lipinski definition) is 3. The Balaban J connectivity index is 2.12. The summed E-state index contributed by atoms with van der Waals surface area (Å²) in [4.78, 5) is 16.3. The van der Waals surface area contributed by atoms with Gasteiger partial charge < -0.3 is 0 Å². The number of fused-ring (bicyclic) bond motifs is 3. The Labute approximate surface area is 134 Å². The van der Waals surface area contributed by atoms with E-state index in [1.54, 1.807) is 34.8 Å². The van der Waals surface area contributed by atoms with Crippen molar-refractivity contribution in [2.24, 2.45) is 0 Å². The first-order chi connectivity index (χ1) is 10.6. The molecule has 4 rings (SSSR count). The van der Waals surface area contributed by atoms with Gasteiger partial charge in [0.15, 0.2) is 5.65 Å². The minimum Gasteiger partial charge on any atom is -0.267 e. The average molecular weight is 331 g/mol. The molecular weight excluding hydrogens is 323 g/mol. The highest BCUT2D eigenvalue weighted by atomic mass is 35.5. The smallest absolute Gasteiger partial charge is 0.267 e. The second-order valence-corrected chi connectivity index (χ2v) is 5.68. The first-order valence-electron chi connectivity index (χ1n) is 6.46. The van der Waals surface area contributed by atoms with E-state index in [0.717, 1.165) is 5.56 Å². The van der Waals surface area contributed by atoms with Crippen molar-refractivity contribution in [3.8, 4) is 11.3 Å². The van der Waals surface area contributed by atoms with Gasteiger partial charge in [0.2, 0.25) is 0 Å². The Morgan fingerprint density at radius 3 is 2.68 bits per heavy atom. The van der Waals surface area contributed by atoms with Crippen molar-refractivity contribution < 1.29 is 0 Å². The van der Waals surface area contributed by atoms with Gasteiger partial charge in [0.25, 0.3) is 5.56 Å². The summed E-state index contributed by atoms with van der Waals surface area (Å²) in [6.45, 7) is 0. The van der Waals surface area contributed by atoms with Crippen LogP contribution in [-0.2, 0) is 0 Å². The Bertz CT molecular complexity index is 1080. The molecule has 7 heteroatoms. The fourth-order valence-corrected chi connectivity index (χ4v) is 2.79. The van der Waals surface area contributed by atoms with Gasteiger partial charge in [-0.25, -0.2) is 9.73 Å². The van der Waals surface area contributed by atoms with Crippen molar-refractivity contribution in [1.29, 1.82) is 0 Å². The molecule has 108 valence electrons. The van der Waals surface area contributed by atoms with Crippen LogP contribution in [0.25, 0.3) is 27.8 Å². The van der Waals surface area contributed by atoms with Gasteiger partial charge in [-0.05, 0) is 30.3 Å². The van der Waals surface area contributed by atoms with Crippen LogP contribution in [0.5, 0.6) is 0 Å². The monoisotopic (exact) mass is 330 g/mol. The summed E-state index contributed by atoms with van der Waals surface area (Å²) in [5.41, 5.74) is 2.07. The van der Waals surface area contributed by atoms with Gasteiger partial charge in [0, 0.05) is 15.6 Å². The fourth-order valence-electron chi connectivity index (χ4n) is 2.43. The highest BCUT2D eigenvalue weighted by molar-refractivity contribution is 6.31. The number of nitrogens with one attached hydrogen (secondary N) is 1. The van der Waals surface area contributed by atoms with E-state index < -0.39 is 0 Å². The molecule has 0 aliphatic carbocycles. The van der Waals surface area contributed by atoms with Gasteiger partial charge in [-0.3, -0.25) is 4.79 Å². The molecule has 0 spiro atoms. The SMILES string of the molecule is O=c1nc2c(-c3cccc(Cl)c3)n[nH]n2c2cc(Cl)ccc12. The van der Waals surface area contributed by atoms with Crippen LogP contribution in [0.4, 0.5) is 0 Å². The predicted molar refractivity (Wildman–Crippen MR) is 86.6 cm³/mol. The zero-order valence-electron chi connectivity index (χ0n) is 11.0. The lowest BCUT2D eigenvalue weighted by atomic mass is 10.1. The number of nitrogens with zero attached hydrogens (tertiary/aromatic N) is 3. The van der Waals surface area contributed by atoms with E-state index in [4.69, 9.17) is 23.2 Å². The number of H-pyrrole nitrogens is 1. The van der Waals surface area contributed by atoms with Crippen LogP contribution in [0.15, 0.2) is 47.3 Å². The molecule has 2 heterocycles. The van der Waals surface area contributed by atoms with E-state index in [9.17, 15) is 4.79 Å². The van der Waals surface area contributed by atoms with Crippen molar-refractivity contribution in [1.82, 2.24) is 19.8 Å². The standard InChI is InChI=1S/C15H8Cl2N4O/c16-9-3-1-2-8(6-9)13-14-18-15(22)11-5-4-10(17)7-12(11)21(14)20-19-13/h1-7,20H. The molecule has 2 aromatic carbocycles. The Morgan fingerprint density at radius 1 is 1.05 bits per heavy atom. The summed E-state index contributed by atoms with van der Waals surface area (Å²) in [5, 5.41) is 8.73. The van der Waals surface area contributed by atoms with Crippen LogP contribution < -0.4 is 5.56 Å². The Kier molecular flexibility index (Phi) is 2.92. The third-order valence-electron chi connectivity index (χ3n) is 3.42. The van der Waals surface area contributed by atoms with E-state index in [1.807, 2.05) is 12.1 Å². The van der Waals surface area contributed by atoms with Crippen molar-refractivity contribution in [3.63, 3.8) is 0 Å². The maximum atomic E-state index is 12.2. The molecule has 0 saturated heterocycles. The number of aromatic nitrogens is 4. The van der Waals surface area contributed by atoms with Crippen molar-refractivity contribution in [3.05, 3.63) is 62.9 Å². The first kappa shape index (κ1) is 13.3. The summed E-state index contributed by atoms with van der Waals surface area (Å²) in [6.07, 6.45) is 0. The lowest BCUT2D eigenvalue weighted by Crippen LogP contribution is -2.10. The minimum absolute atomic E-state index is 0.323. The molecule has 0 radical (unpaired) electrons. The zero-order chi connectivity index (χ0) is 15.3. The van der Waals surface area contributed by atoms with Gasteiger partial charge in [-0.15, -0.1) is 0 Å². The number of aromatic amines is 1. The molecule has 1 N–H and O–H groups in total. The van der Waals surface area contributed by atoms with Crippen LogP contribution in [-0.4, -0.2) is 19.8 Å². The first-order valence-corrected chi connectivity index (χ1v) is 7.21. The summed E-state index contributed by atoms with van der Waals surface area (Å²) >= 11 is 12.0. The quantitative estimate of drug-likeness (QED) is 0.580. The van der Waals surface area contributed by atoms with E-state index in [-0.39, 0.29) is 5.56 Å². The minimum atomic E-state index is -0.323. The summed E-state index contributed by atoms with van der Waals surface area (Å²) in [6, 6.07) is 12.2. The normalized spacial score (nSPS) is 11.4. The maximum Gasteiger partial charge on any atom is 0.281 e. The van der Waals surface area contributed by atoms with Gasteiger partial charge in [-0.2, -0.15) is 10.1 Å². The molecule has 0 saturated carbocycles. The Hall–Kier alpha value is -2.37. The van der Waals surface area contributed by atoms with Gasteiger partial charge >= 0.3 is 0 Å². The lowest BCUT2D eigenvalue weighted by molar-refractivity contribution is 0.874. The van der Waals surface area contributed by atoms with Gasteiger partial charge in [0.05, 0.1) is 10.9 Å². The van der Waals surface area contributed by atoms with E-state index in [0.29, 0.717) is 32.3 Å². The van der Waals surface area contributed by atoms with Crippen molar-refractivity contribution >= 4 is 39.8 Å². The molecule has 0 aliphatic heterocycles. The molecule has 0 atom stereocenters. The summed E-state index contributed by atoms with van der Waals surface area (Å²) in [5.74, 6) is 0. The molecule has 4 aromatic rings. The molecule has 0 aliphatic rings. The van der Waals surface area contributed by atoms with E-state index >= 15 is 0 Å². The van der Waals surface area contributed by atoms with Crippen LogP contribution in [0.1, 0.15) is 0 Å². The van der Waals surface area contributed by atoms with Crippen LogP contribution in [0.2, 0.25) is 10.0 Å². The molecule has 0 unspecified atom stereocenters. The molecule has 0 bridgehead atoms. The van der Waals surface area contributed by atoms with Crippen molar-refractivity contribution in [2.75, 3.05) is 0 Å². The molecule has 0 amide bonds. The van der Waals surface area contributed by atoms with Gasteiger partial charge in [-0.1, -0.05) is 35.3 Å². The molecule has 0 fully saturated rings. The van der Waals surface area contributed by atoms with Gasteiger partial charge in [0.1, 0.15) is 5.69 Å². The summed E-state index contributed by atoms with van der Waals surface area (Å²) in [7, 11) is 0. The molecular formula is C15H8Cl2N4O. The summed E-state index contributed by atoms with van der Waals surface area (Å²) < 4.78 is 1.64. The number of rotatable bonds is 1. The number of benzene rings is 2. The second-order valence-electron chi connectivity index (χ2n) is 4.81. The largest absolute Gasteiger partial charge is 0.281 e. The zero-order valence-corrected chi connectivity index (χ0v) is 12.6. The lowest BCUT2D eigenvalue weighted by Gasteiger charge is -2.02. The second kappa shape index (κ2) is 4.83. The van der Waals surface area contributed by atoms with E-state index in [1.165, 1.54) is 0 Å². The van der Waals surface area contributed by atoms with Crippen LogP contribution in [0.3, 0.4) is 0 Å². The van der Waals surface area contributed by atoms with Crippen molar-refractivity contribution in [2.45, 2.75) is 0 Å². The maximum absolute atomic E-state index is 12.2. The highest BCUT2D eigenvalue weighted by Crippen LogP contribution is 2.25. The molecule has 2 aromatic heterocycles. The third-order valence-corrected chi connectivity index (χ3v) is 3.89. The van der Waals surface area contributed by atoms with E-state index in [2.05, 4.69) is 15.3 Å². The molecule has 5 nitrogen and oxygen atoms in total.